The smallest absolute Gasteiger partial charge is 0.123 e. The molecule has 0 radical (unpaired) electrons. The average molecular weight is 279 g/mol. The van der Waals surface area contributed by atoms with Crippen LogP contribution in [0.25, 0.3) is 0 Å². The Kier molecular flexibility index (Phi) is 5.17. The zero-order valence-electron chi connectivity index (χ0n) is 12.6. The van der Waals surface area contributed by atoms with Gasteiger partial charge in [0.2, 0.25) is 0 Å². The maximum Gasteiger partial charge on any atom is 0.123 e. The third-order valence-electron chi connectivity index (χ3n) is 4.82. The third-order valence-corrected chi connectivity index (χ3v) is 4.82. The summed E-state index contributed by atoms with van der Waals surface area (Å²) < 4.78 is 13.0. The van der Waals surface area contributed by atoms with Gasteiger partial charge in [-0.1, -0.05) is 37.8 Å². The molecule has 2 nitrogen and oxygen atoms in total. The third kappa shape index (κ3) is 3.39. The second-order valence-corrected chi connectivity index (χ2v) is 6.26. The summed E-state index contributed by atoms with van der Waals surface area (Å²) in [5.41, 5.74) is 0.870. The van der Waals surface area contributed by atoms with Crippen molar-refractivity contribution >= 4 is 0 Å². The first-order valence-electron chi connectivity index (χ1n) is 7.64. The molecule has 0 aromatic heterocycles. The summed E-state index contributed by atoms with van der Waals surface area (Å²) in [6.07, 6.45) is 7.17. The lowest BCUT2D eigenvalue weighted by molar-refractivity contribution is -0.0174. The number of halogens is 1. The van der Waals surface area contributed by atoms with E-state index in [1.807, 2.05) is 0 Å². The summed E-state index contributed by atoms with van der Waals surface area (Å²) in [5.74, 6) is -0.222. The van der Waals surface area contributed by atoms with Crippen molar-refractivity contribution in [3.8, 4) is 0 Å². The number of hydrogen-bond acceptors (Lipinski definition) is 2. The zero-order chi connectivity index (χ0) is 14.6. The van der Waals surface area contributed by atoms with Crippen LogP contribution < -0.4 is 0 Å². The molecule has 0 heterocycles. The van der Waals surface area contributed by atoms with E-state index in [2.05, 4.69) is 19.0 Å². The number of rotatable bonds is 4. The molecule has 1 aliphatic rings. The molecule has 1 fully saturated rings. The van der Waals surface area contributed by atoms with Crippen LogP contribution in [0.3, 0.4) is 0 Å². The Labute approximate surface area is 121 Å². The lowest BCUT2D eigenvalue weighted by atomic mass is 9.80. The molecule has 0 amide bonds. The normalized spacial score (nSPS) is 20.6. The lowest BCUT2D eigenvalue weighted by Gasteiger charge is -2.43. The lowest BCUT2D eigenvalue weighted by Crippen LogP contribution is -2.54. The summed E-state index contributed by atoms with van der Waals surface area (Å²) in [6, 6.07) is 6.49. The van der Waals surface area contributed by atoms with Gasteiger partial charge < -0.3 is 10.0 Å². The fourth-order valence-electron chi connectivity index (χ4n) is 3.45. The minimum atomic E-state index is -0.402. The molecule has 1 aromatic rings. The number of aliphatic hydroxyl groups is 1. The van der Waals surface area contributed by atoms with E-state index >= 15 is 0 Å². The fraction of sp³-hybridized carbons (Fsp3) is 0.647. The summed E-state index contributed by atoms with van der Waals surface area (Å²) in [7, 11) is 4.14. The second kappa shape index (κ2) is 6.68. The number of hydrogen-bond donors (Lipinski definition) is 1. The molecule has 3 heteroatoms. The zero-order valence-corrected chi connectivity index (χ0v) is 12.6. The van der Waals surface area contributed by atoms with Crippen LogP contribution in [0, 0.1) is 5.82 Å². The number of benzene rings is 1. The van der Waals surface area contributed by atoms with Crippen molar-refractivity contribution < 1.29 is 9.50 Å². The second-order valence-electron chi connectivity index (χ2n) is 6.26. The largest absolute Gasteiger partial charge is 0.391 e. The predicted octanol–water partition coefficient (Wildman–Crippen LogP) is 3.38. The first-order valence-corrected chi connectivity index (χ1v) is 7.64. The molecule has 0 bridgehead atoms. The van der Waals surface area contributed by atoms with Gasteiger partial charge in [-0.2, -0.15) is 0 Å². The summed E-state index contributed by atoms with van der Waals surface area (Å²) in [5, 5.41) is 10.8. The van der Waals surface area contributed by atoms with Gasteiger partial charge in [-0.25, -0.2) is 4.39 Å². The van der Waals surface area contributed by atoms with Gasteiger partial charge >= 0.3 is 0 Å². The molecular formula is C17H26FNO. The Hall–Kier alpha value is -0.930. The summed E-state index contributed by atoms with van der Waals surface area (Å²) in [4.78, 5) is 2.20. The van der Waals surface area contributed by atoms with Gasteiger partial charge in [-0.3, -0.25) is 0 Å². The topological polar surface area (TPSA) is 23.5 Å². The van der Waals surface area contributed by atoms with Gasteiger partial charge in [0.25, 0.3) is 0 Å². The molecule has 1 saturated carbocycles. The molecule has 1 aliphatic carbocycles. The first kappa shape index (κ1) is 15.5. The van der Waals surface area contributed by atoms with Crippen LogP contribution in [0.2, 0.25) is 0 Å². The van der Waals surface area contributed by atoms with E-state index in [-0.39, 0.29) is 11.4 Å². The Balaban J connectivity index is 2.13. The number of likely N-dealkylation sites (N-methyl/N-ethyl adjacent to an activating group) is 1. The molecule has 0 saturated heterocycles. The quantitative estimate of drug-likeness (QED) is 0.854. The van der Waals surface area contributed by atoms with Gasteiger partial charge in [0, 0.05) is 12.0 Å². The van der Waals surface area contributed by atoms with Gasteiger partial charge in [-0.05, 0) is 44.6 Å². The summed E-state index contributed by atoms with van der Waals surface area (Å²) in [6.45, 7) is 0. The molecule has 2 rings (SSSR count). The molecule has 0 aliphatic heterocycles. The Bertz CT molecular complexity index is 408. The molecular weight excluding hydrogens is 253 g/mol. The van der Waals surface area contributed by atoms with Crippen molar-refractivity contribution in [3.05, 3.63) is 35.6 Å². The van der Waals surface area contributed by atoms with E-state index in [9.17, 15) is 9.50 Å². The number of aliphatic hydroxyl groups excluding tert-OH is 1. The summed E-state index contributed by atoms with van der Waals surface area (Å²) >= 11 is 0. The highest BCUT2D eigenvalue weighted by molar-refractivity contribution is 5.18. The molecule has 1 N–H and O–H groups in total. The van der Waals surface area contributed by atoms with E-state index in [4.69, 9.17) is 0 Å². The van der Waals surface area contributed by atoms with Crippen LogP contribution in [0.1, 0.15) is 44.1 Å². The number of nitrogens with zero attached hydrogens (tertiary/aromatic N) is 1. The van der Waals surface area contributed by atoms with Crippen molar-refractivity contribution in [3.63, 3.8) is 0 Å². The average Bonchev–Trinajstić information content (AvgIpc) is 2.68. The van der Waals surface area contributed by atoms with E-state index < -0.39 is 6.10 Å². The van der Waals surface area contributed by atoms with Crippen LogP contribution in [0.15, 0.2) is 24.3 Å². The highest BCUT2D eigenvalue weighted by atomic mass is 19.1. The van der Waals surface area contributed by atoms with Crippen molar-refractivity contribution in [1.29, 1.82) is 0 Å². The molecule has 20 heavy (non-hydrogen) atoms. The van der Waals surface area contributed by atoms with E-state index in [1.165, 1.54) is 37.8 Å². The molecule has 1 aromatic carbocycles. The van der Waals surface area contributed by atoms with Gasteiger partial charge in [0.05, 0.1) is 6.10 Å². The van der Waals surface area contributed by atoms with Gasteiger partial charge in [-0.15, -0.1) is 0 Å². The van der Waals surface area contributed by atoms with Crippen LogP contribution in [0.5, 0.6) is 0 Å². The standard InChI is InChI=1S/C17H26FNO/c1-19(2)17(11-5-3-4-6-12-17)16(20)13-14-7-9-15(18)10-8-14/h7-10,16,20H,3-6,11-13H2,1-2H3. The van der Waals surface area contributed by atoms with Gasteiger partial charge in [0.1, 0.15) is 5.82 Å². The van der Waals surface area contributed by atoms with Crippen molar-refractivity contribution in [2.45, 2.75) is 56.6 Å². The SMILES string of the molecule is CN(C)C1(C(O)Cc2ccc(F)cc2)CCCCCC1. The Morgan fingerprint density at radius 1 is 1.10 bits per heavy atom. The highest BCUT2D eigenvalue weighted by Crippen LogP contribution is 2.35. The molecule has 1 atom stereocenters. The maximum atomic E-state index is 13.0. The predicted molar refractivity (Wildman–Crippen MR) is 80.2 cm³/mol. The van der Waals surface area contributed by atoms with Crippen molar-refractivity contribution in [2.75, 3.05) is 14.1 Å². The highest BCUT2D eigenvalue weighted by Gasteiger charge is 2.39. The maximum absolute atomic E-state index is 13.0. The van der Waals surface area contributed by atoms with Crippen LogP contribution >= 0.6 is 0 Å². The molecule has 112 valence electrons. The van der Waals surface area contributed by atoms with Crippen molar-refractivity contribution in [2.24, 2.45) is 0 Å². The van der Waals surface area contributed by atoms with E-state index in [1.54, 1.807) is 12.1 Å². The minimum absolute atomic E-state index is 0.134. The van der Waals surface area contributed by atoms with E-state index in [0.717, 1.165) is 18.4 Å². The Morgan fingerprint density at radius 2 is 1.65 bits per heavy atom. The van der Waals surface area contributed by atoms with Crippen LogP contribution in [-0.4, -0.2) is 35.7 Å². The van der Waals surface area contributed by atoms with Crippen LogP contribution in [-0.2, 0) is 6.42 Å². The molecule has 0 spiro atoms. The Morgan fingerprint density at radius 3 is 2.15 bits per heavy atom. The molecule has 1 unspecified atom stereocenters. The van der Waals surface area contributed by atoms with E-state index in [0.29, 0.717) is 6.42 Å². The monoisotopic (exact) mass is 279 g/mol. The minimum Gasteiger partial charge on any atom is -0.391 e. The van der Waals surface area contributed by atoms with Gasteiger partial charge in [0.15, 0.2) is 0 Å². The van der Waals surface area contributed by atoms with Crippen molar-refractivity contribution in [1.82, 2.24) is 4.90 Å². The fourth-order valence-corrected chi connectivity index (χ4v) is 3.45. The van der Waals surface area contributed by atoms with Crippen LogP contribution in [0.4, 0.5) is 4.39 Å². The first-order chi connectivity index (χ1) is 9.54.